The smallest absolute Gasteiger partial charge is 0.156 e. The van der Waals surface area contributed by atoms with Crippen LogP contribution in [0, 0.1) is 170 Å². The molecule has 0 N–H and O–H groups in total. The summed E-state index contributed by atoms with van der Waals surface area (Å²) in [6.45, 7) is 17.4. The number of piperidine rings is 2. The van der Waals surface area contributed by atoms with Crippen LogP contribution >= 0.6 is 0 Å². The maximum absolute atomic E-state index is 4.07. The molecule has 0 radical (unpaired) electrons. The SMILES string of the molecule is CC(C)(C)C1CC2CCC3CC(C(C)(C)C)CC4C(C5CCC6C(C5)B5C7CCC(C8CCCCC8)CC7N(C7C(C8CCCCC8)CC(C8CCCCC8)CC7C7CCCCC7)C7CC(N8C9CC%10CC%11CC8C%10%119)CC(C57)N6C5C(C6CCCCC6)CC(C6CCCCC6)CC5C5CCCCC5)CC(C1)C2C34. The van der Waals surface area contributed by atoms with E-state index in [1.54, 1.807) is 366 Å². The second-order valence-electron chi connectivity index (χ2n) is 50.0. The summed E-state index contributed by atoms with van der Waals surface area (Å²) in [6.07, 6.45) is 91.2. The lowest BCUT2D eigenvalue weighted by Gasteiger charge is -2.90. The quantitative estimate of drug-likeness (QED) is 0.191. The van der Waals surface area contributed by atoms with Gasteiger partial charge in [0, 0.05) is 59.8 Å². The molecule has 108 heavy (non-hydrogen) atoms. The largest absolute Gasteiger partial charge is 0.295 e. The van der Waals surface area contributed by atoms with E-state index in [2.05, 4.69) is 56.2 Å². The maximum atomic E-state index is 4.07. The van der Waals surface area contributed by atoms with Gasteiger partial charge in [0.05, 0.1) is 0 Å². The first kappa shape index (κ1) is 74.3. The summed E-state index contributed by atoms with van der Waals surface area (Å²) in [5.41, 5.74) is 1.70. The van der Waals surface area contributed by atoms with Crippen molar-refractivity contribution < 1.29 is 0 Å². The molecule has 3 heterocycles. The van der Waals surface area contributed by atoms with E-state index in [1.807, 2.05) is 0 Å². The van der Waals surface area contributed by atoms with Gasteiger partial charge in [-0.2, -0.15) is 0 Å². The van der Waals surface area contributed by atoms with Crippen molar-refractivity contribution in [3.05, 3.63) is 0 Å². The highest BCUT2D eigenvalue weighted by Crippen LogP contribution is 2.84. The second kappa shape index (κ2) is 29.7. The average Bonchev–Trinajstić information content (AvgIpc) is 0.620. The van der Waals surface area contributed by atoms with Crippen molar-refractivity contribution in [1.29, 1.82) is 0 Å². The average molecular weight is 1470 g/mol. The van der Waals surface area contributed by atoms with Gasteiger partial charge in [-0.3, -0.25) is 14.7 Å². The predicted molar refractivity (Wildman–Crippen MR) is 452 cm³/mol. The fourth-order valence-electron chi connectivity index (χ4n) is 40.4. The van der Waals surface area contributed by atoms with Gasteiger partial charge in [-0.25, -0.2) is 0 Å². The summed E-state index contributed by atoms with van der Waals surface area (Å²) < 4.78 is 0. The summed E-state index contributed by atoms with van der Waals surface area (Å²) in [5.74, 6) is 29.3. The fourth-order valence-corrected chi connectivity index (χ4v) is 40.4. The summed E-state index contributed by atoms with van der Waals surface area (Å²) in [4.78, 5) is 11.7. The molecule has 0 bridgehead atoms. The topological polar surface area (TPSA) is 9.72 Å². The molecule has 19 aliphatic carbocycles. The normalized spacial score (nSPS) is 51.8. The molecule has 22 rings (SSSR count). The van der Waals surface area contributed by atoms with E-state index in [4.69, 9.17) is 0 Å². The Morgan fingerprint density at radius 2 is 0.630 bits per heavy atom. The molecule has 27 atom stereocenters. The summed E-state index contributed by atoms with van der Waals surface area (Å²) in [5, 5.41) is 0. The highest BCUT2D eigenvalue weighted by molar-refractivity contribution is 6.65. The first-order valence-electron chi connectivity index (χ1n) is 52.1. The van der Waals surface area contributed by atoms with E-state index in [9.17, 15) is 0 Å². The van der Waals surface area contributed by atoms with Crippen LogP contribution in [0.2, 0.25) is 17.5 Å². The Bertz CT molecular complexity index is 2960. The Balaban J connectivity index is 0.732. The van der Waals surface area contributed by atoms with Crippen LogP contribution in [-0.4, -0.2) is 75.8 Å². The Morgan fingerprint density at radius 3 is 1.08 bits per heavy atom. The van der Waals surface area contributed by atoms with Crippen LogP contribution < -0.4 is 0 Å². The number of fused-ring (bicyclic) bond motifs is 4. The van der Waals surface area contributed by atoms with Gasteiger partial charge in [-0.05, 0) is 304 Å². The van der Waals surface area contributed by atoms with Crippen molar-refractivity contribution >= 4 is 6.71 Å². The van der Waals surface area contributed by atoms with Crippen LogP contribution in [0.15, 0.2) is 0 Å². The first-order chi connectivity index (χ1) is 52.8. The van der Waals surface area contributed by atoms with Crippen LogP contribution in [0.4, 0.5) is 0 Å². The maximum Gasteiger partial charge on any atom is 0.156 e. The summed E-state index contributed by atoms with van der Waals surface area (Å²) >= 11 is 0. The van der Waals surface area contributed by atoms with E-state index < -0.39 is 0 Å². The van der Waals surface area contributed by atoms with Crippen LogP contribution in [-0.2, 0) is 0 Å². The molecule has 3 aliphatic heterocycles. The standard InChI is InChI=1S/C104H170BN3/c1-102(2,3)78-48-73-42-43-74-49-79(103(4,5)6)59-88-83(55-77(50-78)97(73)98(74)88)72-45-47-91-90(56-72)105-89-46-44-71(64-28-14-7-15-29-64)57-92(89)108(101-86(69-38-24-12-25-39-69)53-76(66-32-18-9-19-33-66)54-87(101)70-40-26-13-27-41-70)94-63-82(106-95-60-80-58-81-61-96(106)104(80,81)95)62-93(99(94)105)107(91)100-84(67-34-20-10-21-35-67)51-75(65-30-16-8-17-31-65)52-85(100)68-36-22-11-23-37-68/h64-101H,7-63H2,1-6H3. The van der Waals surface area contributed by atoms with Crippen molar-refractivity contribution in [2.24, 2.45) is 170 Å². The van der Waals surface area contributed by atoms with Crippen molar-refractivity contribution in [2.45, 2.75) is 479 Å². The third-order valence-corrected chi connectivity index (χ3v) is 44.7. The zero-order chi connectivity index (χ0) is 72.1. The van der Waals surface area contributed by atoms with Crippen LogP contribution in [0.3, 0.4) is 0 Å². The van der Waals surface area contributed by atoms with E-state index >= 15 is 0 Å². The third kappa shape index (κ3) is 12.4. The van der Waals surface area contributed by atoms with Gasteiger partial charge in [0.1, 0.15) is 0 Å². The molecule has 0 amide bonds. The highest BCUT2D eigenvalue weighted by Gasteiger charge is 2.85. The molecule has 1 spiro atoms. The third-order valence-electron chi connectivity index (χ3n) is 44.7. The fraction of sp³-hybridized carbons (Fsp3) is 1.00. The van der Waals surface area contributed by atoms with Crippen molar-refractivity contribution in [3.8, 4) is 0 Å². The summed E-state index contributed by atoms with van der Waals surface area (Å²) in [6, 6.07) is 7.99. The molecule has 604 valence electrons. The molecule has 19 saturated carbocycles. The van der Waals surface area contributed by atoms with Gasteiger partial charge in [-0.1, -0.05) is 286 Å². The first-order valence-corrected chi connectivity index (χ1v) is 52.1. The van der Waals surface area contributed by atoms with E-state index in [1.165, 1.54) is 0 Å². The number of hydrogen-bond acceptors (Lipinski definition) is 3. The molecular weight excluding hydrogens is 1300 g/mol. The minimum atomic E-state index is 0.438. The van der Waals surface area contributed by atoms with E-state index in [0.29, 0.717) is 10.8 Å². The summed E-state index contributed by atoms with van der Waals surface area (Å²) in [7, 11) is 0. The minimum absolute atomic E-state index is 0.438. The Hall–Kier alpha value is -0.0551. The molecule has 3 saturated heterocycles. The molecule has 27 unspecified atom stereocenters. The number of hydrogen-bond donors (Lipinski definition) is 0. The van der Waals surface area contributed by atoms with E-state index in [-0.39, 0.29) is 0 Å². The molecule has 0 aromatic rings. The van der Waals surface area contributed by atoms with Gasteiger partial charge < -0.3 is 0 Å². The highest BCUT2D eigenvalue weighted by atomic mass is 15.4. The van der Waals surface area contributed by atoms with Gasteiger partial charge in [0.2, 0.25) is 0 Å². The molecule has 4 heteroatoms. The lowest BCUT2D eigenvalue weighted by Crippen LogP contribution is -2.94. The zero-order valence-electron chi connectivity index (χ0n) is 71.7. The number of rotatable bonds is 11. The van der Waals surface area contributed by atoms with Gasteiger partial charge in [0.15, 0.2) is 6.71 Å². The minimum Gasteiger partial charge on any atom is -0.295 e. The zero-order valence-corrected chi connectivity index (χ0v) is 71.7. The van der Waals surface area contributed by atoms with Gasteiger partial charge in [-0.15, -0.1) is 0 Å². The lowest BCUT2D eigenvalue weighted by atomic mass is 9.17. The molecule has 22 aliphatic rings. The van der Waals surface area contributed by atoms with Crippen molar-refractivity contribution in [3.63, 3.8) is 0 Å². The molecular formula is C104H170BN3. The van der Waals surface area contributed by atoms with Crippen LogP contribution in [0.25, 0.3) is 0 Å². The predicted octanol–water partition coefficient (Wildman–Crippen LogP) is 27.4. The Morgan fingerprint density at radius 1 is 0.241 bits per heavy atom. The number of nitrogens with zero attached hydrogens (tertiary/aromatic N) is 3. The van der Waals surface area contributed by atoms with E-state index in [0.717, 1.165) is 238 Å². The molecule has 0 aromatic heterocycles. The van der Waals surface area contributed by atoms with Gasteiger partial charge >= 0.3 is 0 Å². The van der Waals surface area contributed by atoms with Crippen LogP contribution in [0.1, 0.15) is 408 Å². The van der Waals surface area contributed by atoms with Crippen molar-refractivity contribution in [1.82, 2.24) is 14.7 Å². The molecule has 22 fully saturated rings. The monoisotopic (exact) mass is 1470 g/mol. The van der Waals surface area contributed by atoms with Crippen LogP contribution in [0.5, 0.6) is 0 Å². The van der Waals surface area contributed by atoms with Gasteiger partial charge in [0.25, 0.3) is 0 Å². The number of likely N-dealkylation sites (tertiary alicyclic amines) is 1. The Kier molecular flexibility index (Phi) is 20.4. The molecule has 0 aromatic carbocycles. The molecule has 3 nitrogen and oxygen atoms in total. The Labute approximate surface area is 666 Å². The lowest BCUT2D eigenvalue weighted by molar-refractivity contribution is -0.408. The van der Waals surface area contributed by atoms with Crippen molar-refractivity contribution in [2.75, 3.05) is 0 Å². The second-order valence-corrected chi connectivity index (χ2v) is 50.0.